The summed E-state index contributed by atoms with van der Waals surface area (Å²) in [6.07, 6.45) is 1.15. The van der Waals surface area contributed by atoms with E-state index in [0.717, 1.165) is 6.21 Å². The molecule has 0 aliphatic heterocycles. The zero-order valence-electron chi connectivity index (χ0n) is 17.9. The van der Waals surface area contributed by atoms with E-state index < -0.39 is 23.6 Å². The number of nitrogens with zero attached hydrogens (tertiary/aromatic N) is 1. The fourth-order valence-electron chi connectivity index (χ4n) is 2.54. The molecule has 0 fully saturated rings. The van der Waals surface area contributed by atoms with Crippen molar-refractivity contribution < 1.29 is 23.6 Å². The zero-order chi connectivity index (χ0) is 26.2. The highest BCUT2D eigenvalue weighted by molar-refractivity contribution is 6.43. The van der Waals surface area contributed by atoms with Crippen LogP contribution in [0, 0.1) is 0 Å². The van der Waals surface area contributed by atoms with E-state index in [-0.39, 0.29) is 28.0 Å². The smallest absolute Gasteiger partial charge is 0.329 e. The summed E-state index contributed by atoms with van der Waals surface area (Å²) in [5, 5.41) is 11.8. The number of nitrogens with one attached hydrogen (secondary N) is 4. The molecule has 4 amide bonds. The van der Waals surface area contributed by atoms with Gasteiger partial charge in [-0.2, -0.15) is 5.10 Å². The number of anilines is 2. The topological polar surface area (TPSA) is 142 Å². The highest BCUT2D eigenvalue weighted by Crippen LogP contribution is 2.25. The average molecular weight is 571 g/mol. The predicted octanol–water partition coefficient (Wildman–Crippen LogP) is 4.24. The third-order valence-corrected chi connectivity index (χ3v) is 5.71. The number of carbonyl (C=O) groups excluding carboxylic acids is 4. The molecule has 14 heteroatoms. The number of hydrogen-bond donors (Lipinski definition) is 4. The van der Waals surface area contributed by atoms with Crippen LogP contribution in [0.1, 0.15) is 11.5 Å². The minimum absolute atomic E-state index is 0.0973. The van der Waals surface area contributed by atoms with Gasteiger partial charge in [0.1, 0.15) is 11.5 Å². The van der Waals surface area contributed by atoms with Crippen molar-refractivity contribution in [3.05, 3.63) is 80.1 Å². The normalized spacial score (nSPS) is 10.7. The van der Waals surface area contributed by atoms with Gasteiger partial charge < -0.3 is 20.4 Å². The molecule has 10 nitrogen and oxygen atoms in total. The summed E-state index contributed by atoms with van der Waals surface area (Å²) in [6.45, 7) is -0.0973. The summed E-state index contributed by atoms with van der Waals surface area (Å²) in [5.74, 6) is -3.33. The molecule has 0 bridgehead atoms. The molecule has 4 N–H and O–H groups in total. The number of benzene rings is 2. The summed E-state index contributed by atoms with van der Waals surface area (Å²) < 4.78 is 5.42. The first-order chi connectivity index (χ1) is 17.1. The van der Waals surface area contributed by atoms with Crippen molar-refractivity contribution in [3.63, 3.8) is 0 Å². The van der Waals surface area contributed by atoms with Crippen LogP contribution in [0.25, 0.3) is 0 Å². The van der Waals surface area contributed by atoms with Crippen LogP contribution in [0.2, 0.25) is 20.1 Å². The van der Waals surface area contributed by atoms with Crippen molar-refractivity contribution in [1.82, 2.24) is 10.7 Å². The van der Waals surface area contributed by atoms with Crippen LogP contribution in [0.4, 0.5) is 11.4 Å². The van der Waals surface area contributed by atoms with Crippen molar-refractivity contribution in [2.45, 2.75) is 6.54 Å². The zero-order valence-corrected chi connectivity index (χ0v) is 20.9. The van der Waals surface area contributed by atoms with Crippen LogP contribution < -0.4 is 21.4 Å². The van der Waals surface area contributed by atoms with E-state index in [2.05, 4.69) is 21.1 Å². The number of halogens is 4. The molecule has 186 valence electrons. The lowest BCUT2D eigenvalue weighted by Gasteiger charge is -2.06. The average Bonchev–Trinajstić information content (AvgIpc) is 3.29. The number of furan rings is 1. The third kappa shape index (κ3) is 7.72. The molecule has 2 aromatic carbocycles. The first-order valence-electron chi connectivity index (χ1n) is 9.85. The summed E-state index contributed by atoms with van der Waals surface area (Å²) >= 11 is 23.3. The van der Waals surface area contributed by atoms with Crippen molar-refractivity contribution in [2.75, 3.05) is 10.6 Å². The van der Waals surface area contributed by atoms with E-state index in [1.165, 1.54) is 48.5 Å². The van der Waals surface area contributed by atoms with Crippen molar-refractivity contribution in [1.29, 1.82) is 0 Å². The number of carbonyl (C=O) groups is 4. The molecular weight excluding hydrogens is 556 g/mol. The van der Waals surface area contributed by atoms with Crippen LogP contribution in [-0.4, -0.2) is 29.8 Å². The van der Waals surface area contributed by atoms with Gasteiger partial charge in [-0.25, -0.2) is 5.43 Å². The molecule has 0 atom stereocenters. The first kappa shape index (κ1) is 27.0. The Labute approximate surface area is 223 Å². The highest BCUT2D eigenvalue weighted by Gasteiger charge is 2.15. The lowest BCUT2D eigenvalue weighted by molar-refractivity contribution is -0.136. The lowest BCUT2D eigenvalue weighted by atomic mass is 10.3. The Hall–Kier alpha value is -3.57. The lowest BCUT2D eigenvalue weighted by Crippen LogP contribution is -2.34. The van der Waals surface area contributed by atoms with E-state index in [0.29, 0.717) is 21.5 Å². The van der Waals surface area contributed by atoms with Gasteiger partial charge in [-0.1, -0.05) is 46.4 Å². The molecule has 1 aromatic heterocycles. The van der Waals surface area contributed by atoms with Crippen LogP contribution in [0.15, 0.2) is 58.0 Å². The SMILES string of the molecule is O=C(NCc1ccc(/C=N/NC(=O)C(=O)Nc2ccc(Cl)c(Cl)c2)o1)C(=O)Nc1ccc(Cl)c(Cl)c1. The molecule has 0 aliphatic carbocycles. The summed E-state index contributed by atoms with van der Waals surface area (Å²) in [7, 11) is 0. The fourth-order valence-corrected chi connectivity index (χ4v) is 3.13. The van der Waals surface area contributed by atoms with Gasteiger partial charge in [-0.05, 0) is 48.5 Å². The molecule has 1 heterocycles. The molecule has 3 aromatic rings. The minimum atomic E-state index is -1.04. The number of hydrogen-bond acceptors (Lipinski definition) is 6. The van der Waals surface area contributed by atoms with Crippen molar-refractivity contribution in [3.8, 4) is 0 Å². The predicted molar refractivity (Wildman–Crippen MR) is 136 cm³/mol. The maximum absolute atomic E-state index is 12.0. The molecule has 36 heavy (non-hydrogen) atoms. The van der Waals surface area contributed by atoms with Gasteiger partial charge in [-0.15, -0.1) is 0 Å². The molecule has 3 rings (SSSR count). The van der Waals surface area contributed by atoms with Crippen molar-refractivity contribution in [2.24, 2.45) is 5.10 Å². The maximum Gasteiger partial charge on any atom is 0.329 e. The van der Waals surface area contributed by atoms with Gasteiger partial charge in [0.15, 0.2) is 0 Å². The third-order valence-electron chi connectivity index (χ3n) is 4.23. The standard InChI is InChI=1S/C22H15Cl4N5O5/c23-15-5-1-11(7-17(15)25)29-20(33)19(32)27-9-13-3-4-14(36-13)10-28-31-22(35)21(34)30-12-2-6-16(24)18(26)8-12/h1-8,10H,9H2,(H,27,32)(H,29,33)(H,30,34)(H,31,35)/b28-10+. The Kier molecular flexibility index (Phi) is 9.31. The Balaban J connectivity index is 1.44. The highest BCUT2D eigenvalue weighted by atomic mass is 35.5. The van der Waals surface area contributed by atoms with E-state index in [9.17, 15) is 19.2 Å². The molecule has 0 spiro atoms. The second-order valence-corrected chi connectivity index (χ2v) is 8.48. The molecular formula is C22H15Cl4N5O5. The van der Waals surface area contributed by atoms with E-state index in [1.54, 1.807) is 0 Å². The Morgan fingerprint density at radius 2 is 1.28 bits per heavy atom. The van der Waals surface area contributed by atoms with Crippen molar-refractivity contribution >= 4 is 87.6 Å². The van der Waals surface area contributed by atoms with Gasteiger partial charge in [0, 0.05) is 11.4 Å². The van der Waals surface area contributed by atoms with Crippen LogP contribution in [-0.2, 0) is 25.7 Å². The second-order valence-electron chi connectivity index (χ2n) is 6.85. The summed E-state index contributed by atoms with van der Waals surface area (Å²) in [4.78, 5) is 47.8. The monoisotopic (exact) mass is 569 g/mol. The fraction of sp³-hybridized carbons (Fsp3) is 0.0455. The van der Waals surface area contributed by atoms with Crippen LogP contribution >= 0.6 is 46.4 Å². The quantitative estimate of drug-likeness (QED) is 0.199. The maximum atomic E-state index is 12.0. The second kappa shape index (κ2) is 12.4. The van der Waals surface area contributed by atoms with Gasteiger partial charge in [0.25, 0.3) is 0 Å². The Bertz CT molecular complexity index is 1360. The van der Waals surface area contributed by atoms with Gasteiger partial charge in [0.2, 0.25) is 0 Å². The van der Waals surface area contributed by atoms with Gasteiger partial charge in [0.05, 0.1) is 32.8 Å². The summed E-state index contributed by atoms with van der Waals surface area (Å²) in [5.41, 5.74) is 2.62. The minimum Gasteiger partial charge on any atom is -0.458 e. The number of amides is 4. The molecule has 0 unspecified atom stereocenters. The molecule has 0 radical (unpaired) electrons. The van der Waals surface area contributed by atoms with Crippen LogP contribution in [0.5, 0.6) is 0 Å². The molecule has 0 aliphatic rings. The van der Waals surface area contributed by atoms with E-state index >= 15 is 0 Å². The molecule has 0 saturated heterocycles. The van der Waals surface area contributed by atoms with E-state index in [4.69, 9.17) is 50.8 Å². The Morgan fingerprint density at radius 1 is 0.722 bits per heavy atom. The largest absolute Gasteiger partial charge is 0.458 e. The van der Waals surface area contributed by atoms with E-state index in [1.807, 2.05) is 5.43 Å². The van der Waals surface area contributed by atoms with Gasteiger partial charge >= 0.3 is 23.6 Å². The van der Waals surface area contributed by atoms with Crippen LogP contribution in [0.3, 0.4) is 0 Å². The number of hydrazone groups is 1. The summed E-state index contributed by atoms with van der Waals surface area (Å²) in [6, 6.07) is 11.7. The Morgan fingerprint density at radius 3 is 1.83 bits per heavy atom. The number of rotatable bonds is 6. The molecule has 0 saturated carbocycles. The van der Waals surface area contributed by atoms with Gasteiger partial charge in [-0.3, -0.25) is 19.2 Å². The first-order valence-corrected chi connectivity index (χ1v) is 11.4.